The average molecular weight is 501 g/mol. The summed E-state index contributed by atoms with van der Waals surface area (Å²) in [6, 6.07) is 8.24. The first kappa shape index (κ1) is 21.0. The van der Waals surface area contributed by atoms with Gasteiger partial charge < -0.3 is 14.6 Å². The molecule has 0 atom stereocenters. The van der Waals surface area contributed by atoms with Crippen LogP contribution in [-0.4, -0.2) is 29.1 Å². The number of carbonyl (C=O) groups is 1. The van der Waals surface area contributed by atoms with Gasteiger partial charge in [-0.2, -0.15) is 0 Å². The lowest BCUT2D eigenvalue weighted by Crippen LogP contribution is -2.27. The minimum atomic E-state index is -0.255. The zero-order valence-corrected chi connectivity index (χ0v) is 18.8. The van der Waals surface area contributed by atoms with Crippen LogP contribution in [0.4, 0.5) is 5.69 Å². The van der Waals surface area contributed by atoms with Crippen molar-refractivity contribution < 1.29 is 19.4 Å². The van der Waals surface area contributed by atoms with Gasteiger partial charge in [-0.25, -0.2) is 0 Å². The molecule has 0 radical (unpaired) electrons. The number of methoxy groups -OCH3 is 1. The van der Waals surface area contributed by atoms with Gasteiger partial charge >= 0.3 is 0 Å². The number of aromatic hydroxyl groups is 1. The van der Waals surface area contributed by atoms with E-state index in [1.54, 1.807) is 30.3 Å². The van der Waals surface area contributed by atoms with Gasteiger partial charge in [-0.3, -0.25) is 9.69 Å². The van der Waals surface area contributed by atoms with Crippen molar-refractivity contribution in [2.75, 3.05) is 18.6 Å². The molecule has 3 rings (SSSR count). The fraction of sp³-hybridized carbons (Fsp3) is 0.158. The lowest BCUT2D eigenvalue weighted by Gasteiger charge is -2.15. The van der Waals surface area contributed by atoms with Crippen molar-refractivity contribution in [3.8, 4) is 17.2 Å². The third kappa shape index (κ3) is 4.15. The number of amides is 1. The number of hydrogen-bond acceptors (Lipinski definition) is 6. The summed E-state index contributed by atoms with van der Waals surface area (Å²) in [4.78, 5) is 14.8. The summed E-state index contributed by atoms with van der Waals surface area (Å²) in [5.41, 5.74) is 1.26. The molecule has 0 unspecified atom stereocenters. The van der Waals surface area contributed by atoms with Crippen LogP contribution in [0.2, 0.25) is 5.02 Å². The van der Waals surface area contributed by atoms with Crippen LogP contribution in [0, 0.1) is 0 Å². The van der Waals surface area contributed by atoms with Gasteiger partial charge in [0.2, 0.25) is 0 Å². The van der Waals surface area contributed by atoms with Crippen LogP contribution in [0.15, 0.2) is 39.7 Å². The summed E-state index contributed by atoms with van der Waals surface area (Å²) in [5.74, 6) is 0.623. The number of thiocarbonyl (C=S) groups is 1. The van der Waals surface area contributed by atoms with E-state index in [-0.39, 0.29) is 11.7 Å². The Kier molecular flexibility index (Phi) is 6.54. The first-order valence-electron chi connectivity index (χ1n) is 8.12. The molecule has 1 amide bonds. The molecule has 1 aliphatic rings. The number of halogens is 2. The number of nitrogens with zero attached hydrogens (tertiary/aromatic N) is 1. The zero-order chi connectivity index (χ0) is 20.4. The molecular formula is C19H15BrClNO4S2. The normalized spacial score (nSPS) is 15.4. The van der Waals surface area contributed by atoms with E-state index in [1.807, 2.05) is 6.92 Å². The number of carbonyl (C=O) groups excluding carboxylic acids is 1. The SMILES string of the molecule is CCOc1cc(/C=C2\SC(=S)N(c3ccc(OC)c(Cl)c3)C2=O)c(Br)cc1O. The summed E-state index contributed by atoms with van der Waals surface area (Å²) in [7, 11) is 1.52. The summed E-state index contributed by atoms with van der Waals surface area (Å²) in [5, 5.41) is 10.4. The average Bonchev–Trinajstić information content (AvgIpc) is 2.92. The second-order valence-electron chi connectivity index (χ2n) is 5.61. The molecule has 9 heteroatoms. The topological polar surface area (TPSA) is 59.0 Å². The van der Waals surface area contributed by atoms with Crippen LogP contribution in [0.5, 0.6) is 17.2 Å². The van der Waals surface area contributed by atoms with Crippen LogP contribution in [-0.2, 0) is 4.79 Å². The molecule has 0 spiro atoms. The molecule has 5 nitrogen and oxygen atoms in total. The number of benzene rings is 2. The highest BCUT2D eigenvalue weighted by atomic mass is 79.9. The van der Waals surface area contributed by atoms with E-state index in [0.29, 0.717) is 48.1 Å². The quantitative estimate of drug-likeness (QED) is 0.425. The molecule has 0 aromatic heterocycles. The molecular weight excluding hydrogens is 486 g/mol. The number of ether oxygens (including phenoxy) is 2. The third-order valence-corrected chi connectivity index (χ3v) is 6.14. The molecule has 1 saturated heterocycles. The number of hydrogen-bond donors (Lipinski definition) is 1. The zero-order valence-electron chi connectivity index (χ0n) is 14.9. The van der Waals surface area contributed by atoms with Gasteiger partial charge in [0.05, 0.1) is 29.3 Å². The Labute approximate surface area is 185 Å². The Morgan fingerprint density at radius 2 is 2.07 bits per heavy atom. The summed E-state index contributed by atoms with van der Waals surface area (Å²) in [6.07, 6.45) is 1.70. The summed E-state index contributed by atoms with van der Waals surface area (Å²) >= 11 is 16.2. The van der Waals surface area contributed by atoms with E-state index in [4.69, 9.17) is 33.3 Å². The maximum Gasteiger partial charge on any atom is 0.270 e. The van der Waals surface area contributed by atoms with Crippen LogP contribution in [0.1, 0.15) is 12.5 Å². The van der Waals surface area contributed by atoms with E-state index in [0.717, 1.165) is 0 Å². The van der Waals surface area contributed by atoms with E-state index < -0.39 is 0 Å². The van der Waals surface area contributed by atoms with Crippen LogP contribution >= 0.6 is 51.5 Å². The molecule has 0 saturated carbocycles. The lowest BCUT2D eigenvalue weighted by molar-refractivity contribution is -0.113. The lowest BCUT2D eigenvalue weighted by atomic mass is 10.1. The summed E-state index contributed by atoms with van der Waals surface area (Å²) in [6.45, 7) is 2.24. The molecule has 2 aromatic rings. The van der Waals surface area contributed by atoms with E-state index in [9.17, 15) is 9.90 Å². The minimum absolute atomic E-state index is 0.0197. The van der Waals surface area contributed by atoms with Gasteiger partial charge in [0, 0.05) is 4.47 Å². The second-order valence-corrected chi connectivity index (χ2v) is 8.55. The van der Waals surface area contributed by atoms with E-state index in [2.05, 4.69) is 15.9 Å². The number of anilines is 1. The van der Waals surface area contributed by atoms with Gasteiger partial charge in [-0.05, 0) is 48.9 Å². The van der Waals surface area contributed by atoms with Crippen molar-refractivity contribution >= 4 is 73.5 Å². The van der Waals surface area contributed by atoms with Crippen LogP contribution < -0.4 is 14.4 Å². The summed E-state index contributed by atoms with van der Waals surface area (Å²) < 4.78 is 11.6. The maximum atomic E-state index is 13.0. The van der Waals surface area contributed by atoms with Crippen LogP contribution in [0.25, 0.3) is 6.08 Å². The van der Waals surface area contributed by atoms with Crippen molar-refractivity contribution in [3.05, 3.63) is 50.3 Å². The van der Waals surface area contributed by atoms with Gasteiger partial charge in [-0.15, -0.1) is 0 Å². The van der Waals surface area contributed by atoms with Crippen molar-refractivity contribution in [3.63, 3.8) is 0 Å². The largest absolute Gasteiger partial charge is 0.504 e. The van der Waals surface area contributed by atoms with Gasteiger partial charge in [-0.1, -0.05) is 51.5 Å². The molecule has 1 fully saturated rings. The molecule has 1 heterocycles. The standard InChI is InChI=1S/C19H15BrClNO4S2/c1-3-26-16-6-10(12(20)9-14(16)23)7-17-18(24)22(19(27)28-17)11-4-5-15(25-2)13(21)8-11/h4-9,23H,3H2,1-2H3/b17-7-. The molecule has 0 aliphatic carbocycles. The Hall–Kier alpha value is -1.74. The highest BCUT2D eigenvalue weighted by Gasteiger charge is 2.33. The molecule has 146 valence electrons. The smallest absolute Gasteiger partial charge is 0.270 e. The molecule has 2 aromatic carbocycles. The predicted molar refractivity (Wildman–Crippen MR) is 121 cm³/mol. The molecule has 1 N–H and O–H groups in total. The number of phenols is 1. The Bertz CT molecular complexity index is 996. The first-order chi connectivity index (χ1) is 13.3. The number of phenolic OH excluding ortho intramolecular Hbond substituents is 1. The van der Waals surface area contributed by atoms with Gasteiger partial charge in [0.1, 0.15) is 5.75 Å². The van der Waals surface area contributed by atoms with Crippen LogP contribution in [0.3, 0.4) is 0 Å². The monoisotopic (exact) mass is 499 g/mol. The molecule has 28 heavy (non-hydrogen) atoms. The van der Waals surface area contributed by atoms with Crippen molar-refractivity contribution in [2.24, 2.45) is 0 Å². The minimum Gasteiger partial charge on any atom is -0.504 e. The highest BCUT2D eigenvalue weighted by Crippen LogP contribution is 2.40. The number of rotatable bonds is 5. The fourth-order valence-corrected chi connectivity index (χ4v) is 4.55. The Balaban J connectivity index is 1.96. The molecule has 0 bridgehead atoms. The Morgan fingerprint density at radius 3 is 2.71 bits per heavy atom. The van der Waals surface area contributed by atoms with E-state index >= 15 is 0 Å². The predicted octanol–water partition coefficient (Wildman–Crippen LogP) is 5.62. The van der Waals surface area contributed by atoms with Crippen molar-refractivity contribution in [1.82, 2.24) is 0 Å². The van der Waals surface area contributed by atoms with Gasteiger partial charge in [0.25, 0.3) is 5.91 Å². The molecule has 1 aliphatic heterocycles. The Morgan fingerprint density at radius 1 is 1.32 bits per heavy atom. The number of thioether (sulfide) groups is 1. The van der Waals surface area contributed by atoms with E-state index in [1.165, 1.54) is 29.8 Å². The van der Waals surface area contributed by atoms with Gasteiger partial charge in [0.15, 0.2) is 15.8 Å². The fourth-order valence-electron chi connectivity index (χ4n) is 2.57. The maximum absolute atomic E-state index is 13.0. The highest BCUT2D eigenvalue weighted by molar-refractivity contribution is 9.10. The van der Waals surface area contributed by atoms with Crippen molar-refractivity contribution in [1.29, 1.82) is 0 Å². The van der Waals surface area contributed by atoms with Crippen molar-refractivity contribution in [2.45, 2.75) is 6.92 Å². The second kappa shape index (κ2) is 8.73. The first-order valence-corrected chi connectivity index (χ1v) is 10.5. The third-order valence-electron chi connectivity index (χ3n) is 3.85.